The molecule has 0 aromatic heterocycles. The Morgan fingerprint density at radius 1 is 1.22 bits per heavy atom. The number of unbranched alkanes of at least 4 members (excludes halogenated alkanes) is 1. The Bertz CT molecular complexity index is 577. The number of hydrogen-bond donors (Lipinski definition) is 0. The van der Waals surface area contributed by atoms with Crippen molar-refractivity contribution in [3.05, 3.63) is 29.3 Å². The van der Waals surface area contributed by atoms with Crippen LogP contribution in [0.4, 0.5) is 13.2 Å². The second-order valence-electron chi connectivity index (χ2n) is 6.43. The Hall–Kier alpha value is -1.63. The molecule has 0 aliphatic rings. The Labute approximate surface area is 137 Å². The van der Waals surface area contributed by atoms with Crippen LogP contribution >= 0.6 is 0 Å². The number of benzene rings is 1. The summed E-state index contributed by atoms with van der Waals surface area (Å²) < 4.78 is 45.3. The Kier molecular flexibility index (Phi) is 6.56. The first kappa shape index (κ1) is 19.4. The van der Waals surface area contributed by atoms with Gasteiger partial charge in [0, 0.05) is 11.0 Å². The molecule has 0 aliphatic heterocycles. The van der Waals surface area contributed by atoms with Gasteiger partial charge in [0.05, 0.1) is 5.56 Å². The molecule has 1 rings (SSSR count). The predicted octanol–water partition coefficient (Wildman–Crippen LogP) is 6.06. The van der Waals surface area contributed by atoms with Gasteiger partial charge in [-0.15, -0.1) is 5.92 Å². The van der Waals surface area contributed by atoms with Crippen molar-refractivity contribution < 1.29 is 17.9 Å². The smallest absolute Gasteiger partial charge is 0.417 e. The molecule has 1 aromatic carbocycles. The number of halogens is 3. The number of hydrogen-bond acceptors (Lipinski definition) is 1. The Morgan fingerprint density at radius 3 is 2.39 bits per heavy atom. The highest BCUT2D eigenvalue weighted by molar-refractivity contribution is 5.46. The molecule has 0 saturated heterocycles. The van der Waals surface area contributed by atoms with Crippen LogP contribution in [-0.4, -0.2) is 6.10 Å². The summed E-state index contributed by atoms with van der Waals surface area (Å²) in [7, 11) is 0. The van der Waals surface area contributed by atoms with E-state index in [4.69, 9.17) is 4.74 Å². The molecule has 0 aliphatic carbocycles. The predicted molar refractivity (Wildman–Crippen MR) is 87.4 cm³/mol. The van der Waals surface area contributed by atoms with E-state index >= 15 is 0 Å². The second kappa shape index (κ2) is 7.77. The molecule has 4 heteroatoms. The Balaban J connectivity index is 3.03. The normalized spacial score (nSPS) is 13.2. The van der Waals surface area contributed by atoms with Crippen molar-refractivity contribution in [1.82, 2.24) is 0 Å². The van der Waals surface area contributed by atoms with E-state index in [9.17, 15) is 13.2 Å². The van der Waals surface area contributed by atoms with Gasteiger partial charge in [-0.2, -0.15) is 13.2 Å². The van der Waals surface area contributed by atoms with E-state index < -0.39 is 11.7 Å². The third-order valence-corrected chi connectivity index (χ3v) is 4.14. The van der Waals surface area contributed by atoms with Crippen molar-refractivity contribution in [2.75, 3.05) is 0 Å². The van der Waals surface area contributed by atoms with E-state index in [0.717, 1.165) is 25.3 Å². The molecular formula is C19H25F3O. The van der Waals surface area contributed by atoms with Gasteiger partial charge in [-0.1, -0.05) is 39.5 Å². The summed E-state index contributed by atoms with van der Waals surface area (Å²) in [6.07, 6.45) is -1.51. The van der Waals surface area contributed by atoms with Crippen molar-refractivity contribution in [2.24, 2.45) is 5.41 Å². The number of rotatable bonds is 6. The summed E-state index contributed by atoms with van der Waals surface area (Å²) in [4.78, 5) is 0. The highest BCUT2D eigenvalue weighted by Crippen LogP contribution is 2.36. The van der Waals surface area contributed by atoms with E-state index in [-0.39, 0.29) is 22.8 Å². The molecule has 23 heavy (non-hydrogen) atoms. The quantitative estimate of drug-likeness (QED) is 0.577. The maximum atomic E-state index is 13.2. The van der Waals surface area contributed by atoms with Crippen LogP contribution in [0.2, 0.25) is 0 Å². The molecule has 1 nitrogen and oxygen atoms in total. The van der Waals surface area contributed by atoms with Gasteiger partial charge in [-0.3, -0.25) is 0 Å². The van der Waals surface area contributed by atoms with Crippen molar-refractivity contribution in [1.29, 1.82) is 0 Å². The van der Waals surface area contributed by atoms with Crippen molar-refractivity contribution in [3.8, 4) is 17.6 Å². The fourth-order valence-electron chi connectivity index (χ4n) is 2.27. The number of alkyl halides is 3. The van der Waals surface area contributed by atoms with Crippen LogP contribution < -0.4 is 4.74 Å². The summed E-state index contributed by atoms with van der Waals surface area (Å²) in [5.41, 5.74) is -0.871. The lowest BCUT2D eigenvalue weighted by atomic mass is 9.82. The van der Waals surface area contributed by atoms with Gasteiger partial charge in [0.2, 0.25) is 0 Å². The molecule has 0 N–H and O–H groups in total. The van der Waals surface area contributed by atoms with Crippen LogP contribution in [-0.2, 0) is 6.18 Å². The molecular weight excluding hydrogens is 301 g/mol. The van der Waals surface area contributed by atoms with Gasteiger partial charge in [-0.25, -0.2) is 0 Å². The highest BCUT2D eigenvalue weighted by atomic mass is 19.4. The van der Waals surface area contributed by atoms with Gasteiger partial charge in [-0.05, 0) is 38.5 Å². The molecule has 0 heterocycles. The third-order valence-electron chi connectivity index (χ3n) is 4.14. The zero-order valence-corrected chi connectivity index (χ0v) is 14.5. The highest BCUT2D eigenvalue weighted by Gasteiger charge is 2.34. The van der Waals surface area contributed by atoms with E-state index in [2.05, 4.69) is 32.6 Å². The monoisotopic (exact) mass is 326 g/mol. The number of ether oxygens (including phenoxy) is 1. The first-order chi connectivity index (χ1) is 10.6. The molecule has 1 unspecified atom stereocenters. The fraction of sp³-hybridized carbons (Fsp3) is 0.579. The lowest BCUT2D eigenvalue weighted by molar-refractivity contribution is -0.137. The zero-order chi connectivity index (χ0) is 17.7. The third kappa shape index (κ3) is 5.49. The summed E-state index contributed by atoms with van der Waals surface area (Å²) in [6.45, 7) is 9.69. The molecule has 0 bridgehead atoms. The van der Waals surface area contributed by atoms with E-state index in [1.807, 2.05) is 6.92 Å². The molecule has 0 amide bonds. The first-order valence-electron chi connectivity index (χ1n) is 7.92. The van der Waals surface area contributed by atoms with Gasteiger partial charge in [0.1, 0.15) is 11.9 Å². The van der Waals surface area contributed by atoms with Crippen molar-refractivity contribution in [3.63, 3.8) is 0 Å². The summed E-state index contributed by atoms with van der Waals surface area (Å²) in [6, 6.07) is 3.98. The van der Waals surface area contributed by atoms with Crippen LogP contribution in [0.5, 0.6) is 5.75 Å². The summed E-state index contributed by atoms with van der Waals surface area (Å²) in [5, 5.41) is 0. The molecule has 0 saturated carbocycles. The van der Waals surface area contributed by atoms with E-state index in [1.54, 1.807) is 6.07 Å². The minimum atomic E-state index is -4.44. The minimum absolute atomic E-state index is 0.0229. The molecule has 1 atom stereocenters. The van der Waals surface area contributed by atoms with E-state index in [0.29, 0.717) is 0 Å². The SMILES string of the molecule is CC#Cc1ccc(OC(C)C(C)(C)CCCC)cc1C(F)(F)F. The van der Waals surface area contributed by atoms with Crippen LogP contribution in [0.1, 0.15) is 65.0 Å². The molecule has 0 fully saturated rings. The fourth-order valence-corrected chi connectivity index (χ4v) is 2.27. The average Bonchev–Trinajstić information content (AvgIpc) is 2.46. The molecule has 128 valence electrons. The van der Waals surface area contributed by atoms with Crippen LogP contribution in [0.15, 0.2) is 18.2 Å². The standard InChI is InChI=1S/C19H25F3O/c1-6-8-12-18(4,5)14(3)23-16-11-10-15(9-7-2)17(13-16)19(20,21)22/h10-11,13-14H,6,8,12H2,1-5H3. The minimum Gasteiger partial charge on any atom is -0.490 e. The van der Waals surface area contributed by atoms with Crippen LogP contribution in [0.3, 0.4) is 0 Å². The topological polar surface area (TPSA) is 9.23 Å². The van der Waals surface area contributed by atoms with Crippen LogP contribution in [0, 0.1) is 17.3 Å². The summed E-state index contributed by atoms with van der Waals surface area (Å²) >= 11 is 0. The van der Waals surface area contributed by atoms with Crippen molar-refractivity contribution >= 4 is 0 Å². The lowest BCUT2D eigenvalue weighted by Gasteiger charge is -2.32. The maximum absolute atomic E-state index is 13.2. The lowest BCUT2D eigenvalue weighted by Crippen LogP contribution is -2.32. The first-order valence-corrected chi connectivity index (χ1v) is 7.92. The Morgan fingerprint density at radius 2 is 1.87 bits per heavy atom. The van der Waals surface area contributed by atoms with Gasteiger partial charge >= 0.3 is 6.18 Å². The van der Waals surface area contributed by atoms with Gasteiger partial charge < -0.3 is 4.74 Å². The largest absolute Gasteiger partial charge is 0.490 e. The van der Waals surface area contributed by atoms with Gasteiger partial charge in [0.15, 0.2) is 0 Å². The van der Waals surface area contributed by atoms with E-state index in [1.165, 1.54) is 13.0 Å². The van der Waals surface area contributed by atoms with Crippen LogP contribution in [0.25, 0.3) is 0 Å². The van der Waals surface area contributed by atoms with Crippen molar-refractivity contribution in [2.45, 2.75) is 66.2 Å². The van der Waals surface area contributed by atoms with Gasteiger partial charge in [0.25, 0.3) is 0 Å². The average molecular weight is 326 g/mol. The molecule has 0 spiro atoms. The second-order valence-corrected chi connectivity index (χ2v) is 6.43. The molecule has 0 radical (unpaired) electrons. The molecule has 1 aromatic rings. The zero-order valence-electron chi connectivity index (χ0n) is 14.5. The summed E-state index contributed by atoms with van der Waals surface area (Å²) in [5.74, 6) is 5.24. The maximum Gasteiger partial charge on any atom is 0.417 e.